The fourth-order valence-corrected chi connectivity index (χ4v) is 5.79. The maximum absolute atomic E-state index is 13.7. The molecule has 2 fully saturated rings. The topological polar surface area (TPSA) is 81.6 Å². The molecule has 3 aliphatic rings. The van der Waals surface area contributed by atoms with E-state index >= 15 is 0 Å². The van der Waals surface area contributed by atoms with Crippen LogP contribution in [-0.2, 0) is 27.2 Å². The van der Waals surface area contributed by atoms with Gasteiger partial charge in [0.1, 0.15) is 12.4 Å². The van der Waals surface area contributed by atoms with Gasteiger partial charge in [0.15, 0.2) is 5.60 Å². The number of amides is 1. The van der Waals surface area contributed by atoms with Crippen molar-refractivity contribution in [3.8, 4) is 5.75 Å². The number of esters is 1. The van der Waals surface area contributed by atoms with Gasteiger partial charge in [-0.1, -0.05) is 30.3 Å². The van der Waals surface area contributed by atoms with E-state index in [1.54, 1.807) is 12.4 Å². The van der Waals surface area contributed by atoms with Gasteiger partial charge in [0.05, 0.1) is 23.0 Å². The first-order chi connectivity index (χ1) is 18.1. The van der Waals surface area contributed by atoms with Crippen molar-refractivity contribution >= 4 is 22.8 Å². The van der Waals surface area contributed by atoms with Crippen molar-refractivity contribution in [2.45, 2.75) is 36.9 Å². The highest BCUT2D eigenvalue weighted by atomic mass is 16.6. The number of hydrogen-bond donors (Lipinski definition) is 0. The quantitative estimate of drug-likeness (QED) is 0.382. The third kappa shape index (κ3) is 3.56. The maximum atomic E-state index is 13.7. The van der Waals surface area contributed by atoms with Crippen molar-refractivity contribution in [3.63, 3.8) is 0 Å². The molecule has 7 heteroatoms. The molecule has 0 radical (unpaired) electrons. The molecule has 1 spiro atoms. The van der Waals surface area contributed by atoms with E-state index in [9.17, 15) is 9.59 Å². The van der Waals surface area contributed by atoms with Crippen molar-refractivity contribution in [2.75, 3.05) is 13.1 Å². The van der Waals surface area contributed by atoms with Gasteiger partial charge in [-0.2, -0.15) is 0 Å². The van der Waals surface area contributed by atoms with Crippen LogP contribution in [0.1, 0.15) is 46.3 Å². The molecule has 4 aromatic rings. The van der Waals surface area contributed by atoms with E-state index in [4.69, 9.17) is 9.47 Å². The number of pyridine rings is 2. The number of carbonyl (C=O) groups is 2. The number of para-hydroxylation sites is 1. The highest BCUT2D eigenvalue weighted by molar-refractivity contribution is 5.95. The zero-order valence-electron chi connectivity index (χ0n) is 20.2. The van der Waals surface area contributed by atoms with Crippen molar-refractivity contribution < 1.29 is 19.1 Å². The molecule has 184 valence electrons. The van der Waals surface area contributed by atoms with Gasteiger partial charge in [0.25, 0.3) is 0 Å². The van der Waals surface area contributed by atoms with Crippen molar-refractivity contribution in [3.05, 3.63) is 102 Å². The molecule has 0 bridgehead atoms. The van der Waals surface area contributed by atoms with E-state index in [1.165, 1.54) is 0 Å². The summed E-state index contributed by atoms with van der Waals surface area (Å²) in [6, 6.07) is 19.8. The molecule has 2 aliphatic heterocycles. The molecule has 4 heterocycles. The minimum atomic E-state index is -0.754. The summed E-state index contributed by atoms with van der Waals surface area (Å²) in [6.07, 6.45) is 7.31. The summed E-state index contributed by atoms with van der Waals surface area (Å²) in [7, 11) is 0. The molecule has 7 rings (SSSR count). The Bertz CT molecular complexity index is 1550. The first kappa shape index (κ1) is 22.0. The maximum Gasteiger partial charge on any atom is 0.341 e. The van der Waals surface area contributed by atoms with Gasteiger partial charge < -0.3 is 14.4 Å². The molecule has 1 atom stereocenters. The lowest BCUT2D eigenvalue weighted by Crippen LogP contribution is -2.40. The number of carbonyl (C=O) groups excluding carboxylic acids is 2. The van der Waals surface area contributed by atoms with E-state index in [0.717, 1.165) is 46.2 Å². The van der Waals surface area contributed by atoms with Crippen molar-refractivity contribution in [1.29, 1.82) is 0 Å². The summed E-state index contributed by atoms with van der Waals surface area (Å²) < 4.78 is 11.8. The first-order valence-electron chi connectivity index (χ1n) is 12.6. The monoisotopic (exact) mass is 491 g/mol. The van der Waals surface area contributed by atoms with Crippen molar-refractivity contribution in [2.24, 2.45) is 0 Å². The number of benzene rings is 2. The smallest absolute Gasteiger partial charge is 0.341 e. The zero-order chi connectivity index (χ0) is 25.0. The molecule has 1 unspecified atom stereocenters. The Morgan fingerprint density at radius 3 is 2.70 bits per heavy atom. The van der Waals surface area contributed by atoms with Gasteiger partial charge in [0.2, 0.25) is 5.91 Å². The molecule has 2 aromatic heterocycles. The normalized spacial score (nSPS) is 21.2. The highest BCUT2D eigenvalue weighted by Crippen LogP contribution is 2.52. The average molecular weight is 492 g/mol. The van der Waals surface area contributed by atoms with Crippen LogP contribution in [0.3, 0.4) is 0 Å². The largest absolute Gasteiger partial charge is 0.489 e. The van der Waals surface area contributed by atoms with Crippen LogP contribution in [0, 0.1) is 0 Å². The molecule has 0 N–H and O–H groups in total. The minimum Gasteiger partial charge on any atom is -0.489 e. The van der Waals surface area contributed by atoms with E-state index < -0.39 is 11.0 Å². The summed E-state index contributed by atoms with van der Waals surface area (Å²) in [6.45, 7) is 1.38. The molecular formula is C30H25N3O4. The summed E-state index contributed by atoms with van der Waals surface area (Å²) >= 11 is 0. The second-order valence-corrected chi connectivity index (χ2v) is 10.2. The van der Waals surface area contributed by atoms with Crippen LogP contribution in [0.25, 0.3) is 10.9 Å². The Balaban J connectivity index is 1.04. The van der Waals surface area contributed by atoms with Gasteiger partial charge in [-0.3, -0.25) is 14.8 Å². The van der Waals surface area contributed by atoms with E-state index in [2.05, 4.69) is 16.0 Å². The fourth-order valence-electron chi connectivity index (χ4n) is 5.79. The Labute approximate surface area is 214 Å². The lowest BCUT2D eigenvalue weighted by molar-refractivity contribution is -0.134. The minimum absolute atomic E-state index is 0.110. The van der Waals surface area contributed by atoms with E-state index in [-0.39, 0.29) is 11.9 Å². The Hall–Kier alpha value is -4.26. The van der Waals surface area contributed by atoms with E-state index in [0.29, 0.717) is 31.7 Å². The number of nitrogens with zero attached hydrogens (tertiary/aromatic N) is 3. The molecule has 1 aliphatic carbocycles. The van der Waals surface area contributed by atoms with Crippen LogP contribution in [0.5, 0.6) is 5.75 Å². The van der Waals surface area contributed by atoms with Gasteiger partial charge in [0, 0.05) is 48.1 Å². The van der Waals surface area contributed by atoms with E-state index in [1.807, 2.05) is 65.7 Å². The third-order valence-corrected chi connectivity index (χ3v) is 7.96. The molecule has 1 saturated heterocycles. The standard InChI is InChI=1S/C30H25N3O4/c34-27-24-17-31-13-9-25(24)30(37-27)12-14-33(19-30)28(35)29(10-11-29)22-5-7-23(8-6-22)36-18-20-15-21-3-1-2-4-26(21)32-16-20/h1-9,13,15-17H,10-12,14,18-19H2. The van der Waals surface area contributed by atoms with Gasteiger partial charge >= 0.3 is 5.97 Å². The number of rotatable bonds is 5. The zero-order valence-corrected chi connectivity index (χ0v) is 20.2. The van der Waals surface area contributed by atoms with Crippen LogP contribution in [0.15, 0.2) is 79.3 Å². The number of hydrogen-bond acceptors (Lipinski definition) is 6. The summed E-state index contributed by atoms with van der Waals surface area (Å²) in [5.41, 5.74) is 3.07. The van der Waals surface area contributed by atoms with Crippen LogP contribution in [-0.4, -0.2) is 39.8 Å². The SMILES string of the molecule is O=C1OC2(CCN(C(=O)C3(c4ccc(OCc5cnc6ccccc6c5)cc4)CC3)C2)c2ccncc21. The van der Waals surface area contributed by atoms with Crippen LogP contribution in [0.2, 0.25) is 0 Å². The van der Waals surface area contributed by atoms with Gasteiger partial charge in [-0.15, -0.1) is 0 Å². The third-order valence-electron chi connectivity index (χ3n) is 7.96. The number of fused-ring (bicyclic) bond motifs is 3. The molecule has 1 amide bonds. The lowest BCUT2D eigenvalue weighted by atomic mass is 9.92. The molecule has 2 aromatic carbocycles. The Morgan fingerprint density at radius 1 is 1.03 bits per heavy atom. The van der Waals surface area contributed by atoms with Crippen LogP contribution in [0.4, 0.5) is 0 Å². The molecule has 7 nitrogen and oxygen atoms in total. The summed E-state index contributed by atoms with van der Waals surface area (Å²) in [5.74, 6) is 0.510. The summed E-state index contributed by atoms with van der Waals surface area (Å²) in [4.78, 5) is 36.5. The number of likely N-dealkylation sites (tertiary alicyclic amines) is 1. The average Bonchev–Trinajstić information content (AvgIpc) is 3.57. The van der Waals surface area contributed by atoms with Crippen LogP contribution >= 0.6 is 0 Å². The van der Waals surface area contributed by atoms with Gasteiger partial charge in [-0.05, 0) is 48.7 Å². The number of aromatic nitrogens is 2. The highest BCUT2D eigenvalue weighted by Gasteiger charge is 2.57. The lowest BCUT2D eigenvalue weighted by Gasteiger charge is -2.27. The Morgan fingerprint density at radius 2 is 1.86 bits per heavy atom. The Kier molecular flexibility index (Phi) is 4.83. The second-order valence-electron chi connectivity index (χ2n) is 10.2. The predicted octanol–water partition coefficient (Wildman–Crippen LogP) is 4.54. The van der Waals surface area contributed by atoms with Gasteiger partial charge in [-0.25, -0.2) is 4.79 Å². The second kappa shape index (κ2) is 8.13. The number of ether oxygens (including phenoxy) is 2. The predicted molar refractivity (Wildman–Crippen MR) is 136 cm³/mol. The van der Waals surface area contributed by atoms with Crippen molar-refractivity contribution in [1.82, 2.24) is 14.9 Å². The van der Waals surface area contributed by atoms with Crippen LogP contribution < -0.4 is 4.74 Å². The molecular weight excluding hydrogens is 466 g/mol. The first-order valence-corrected chi connectivity index (χ1v) is 12.6. The molecule has 1 saturated carbocycles. The molecule has 37 heavy (non-hydrogen) atoms. The fraction of sp³-hybridized carbons (Fsp3) is 0.267. The summed E-state index contributed by atoms with van der Waals surface area (Å²) in [5, 5.41) is 1.09.